The Morgan fingerprint density at radius 2 is 1.91 bits per heavy atom. The minimum Gasteiger partial charge on any atom is -0.482 e. The maximum Gasteiger partial charge on any atom is 0.262 e. The standard InChI is InChI=1S/C16H16Cl2N2O2/c1-9-3-4-12(19)7-14(9)20-15(21)8-22-16-10(2)5-11(17)6-13(16)18/h3-7H,8,19H2,1-2H3,(H,20,21). The quantitative estimate of drug-likeness (QED) is 0.820. The lowest BCUT2D eigenvalue weighted by molar-refractivity contribution is -0.118. The van der Waals surface area contributed by atoms with Crippen LogP contribution in [0, 0.1) is 13.8 Å². The number of nitrogens with one attached hydrogen (secondary N) is 1. The van der Waals surface area contributed by atoms with Gasteiger partial charge in [-0.1, -0.05) is 29.3 Å². The first-order valence-electron chi connectivity index (χ1n) is 6.61. The Hall–Kier alpha value is -1.91. The average Bonchev–Trinajstić information content (AvgIpc) is 2.41. The molecular weight excluding hydrogens is 323 g/mol. The van der Waals surface area contributed by atoms with Crippen molar-refractivity contribution in [2.75, 3.05) is 17.7 Å². The molecule has 0 aliphatic carbocycles. The van der Waals surface area contributed by atoms with Crippen LogP contribution in [0.5, 0.6) is 5.75 Å². The Balaban J connectivity index is 2.03. The van der Waals surface area contributed by atoms with Crippen LogP contribution < -0.4 is 15.8 Å². The van der Waals surface area contributed by atoms with E-state index >= 15 is 0 Å². The summed E-state index contributed by atoms with van der Waals surface area (Å²) in [6.45, 7) is 3.54. The van der Waals surface area contributed by atoms with E-state index in [1.165, 1.54) is 0 Å². The van der Waals surface area contributed by atoms with Crippen molar-refractivity contribution in [1.29, 1.82) is 0 Å². The number of nitrogen functional groups attached to an aromatic ring is 1. The van der Waals surface area contributed by atoms with Crippen molar-refractivity contribution in [1.82, 2.24) is 0 Å². The molecule has 6 heteroatoms. The zero-order chi connectivity index (χ0) is 16.3. The van der Waals surface area contributed by atoms with E-state index in [0.717, 1.165) is 11.1 Å². The van der Waals surface area contributed by atoms with Gasteiger partial charge in [0.2, 0.25) is 0 Å². The summed E-state index contributed by atoms with van der Waals surface area (Å²) in [5.74, 6) is 0.157. The molecule has 0 fully saturated rings. The van der Waals surface area contributed by atoms with Crippen molar-refractivity contribution in [3.8, 4) is 5.75 Å². The summed E-state index contributed by atoms with van der Waals surface area (Å²) in [6.07, 6.45) is 0. The fraction of sp³-hybridized carbons (Fsp3) is 0.188. The van der Waals surface area contributed by atoms with Crippen molar-refractivity contribution in [3.05, 3.63) is 51.5 Å². The molecule has 0 bridgehead atoms. The van der Waals surface area contributed by atoms with E-state index in [1.54, 1.807) is 24.3 Å². The first-order valence-corrected chi connectivity index (χ1v) is 7.37. The lowest BCUT2D eigenvalue weighted by atomic mass is 10.2. The van der Waals surface area contributed by atoms with Gasteiger partial charge in [-0.3, -0.25) is 4.79 Å². The molecule has 0 atom stereocenters. The summed E-state index contributed by atoms with van der Waals surface area (Å²) in [5.41, 5.74) is 8.64. The monoisotopic (exact) mass is 338 g/mol. The van der Waals surface area contributed by atoms with Crippen LogP contribution in [0.4, 0.5) is 11.4 Å². The number of carbonyl (C=O) groups is 1. The second-order valence-corrected chi connectivity index (χ2v) is 5.79. The van der Waals surface area contributed by atoms with Crippen LogP contribution in [0.2, 0.25) is 10.0 Å². The minimum atomic E-state index is -0.292. The molecule has 4 nitrogen and oxygen atoms in total. The van der Waals surface area contributed by atoms with E-state index in [2.05, 4.69) is 5.32 Å². The van der Waals surface area contributed by atoms with Gasteiger partial charge < -0.3 is 15.8 Å². The summed E-state index contributed by atoms with van der Waals surface area (Å²) >= 11 is 12.0. The Bertz CT molecular complexity index is 694. The molecule has 2 aromatic carbocycles. The smallest absolute Gasteiger partial charge is 0.262 e. The lowest BCUT2D eigenvalue weighted by Crippen LogP contribution is -2.21. The number of ether oxygens (including phenoxy) is 1. The predicted octanol–water partition coefficient (Wildman–Crippen LogP) is 4.21. The minimum absolute atomic E-state index is 0.156. The summed E-state index contributed by atoms with van der Waals surface area (Å²) in [6, 6.07) is 8.62. The molecule has 0 heterocycles. The molecule has 0 aromatic heterocycles. The number of halogens is 2. The number of aryl methyl sites for hydroxylation is 2. The van der Waals surface area contributed by atoms with Crippen LogP contribution in [0.15, 0.2) is 30.3 Å². The summed E-state index contributed by atoms with van der Waals surface area (Å²) in [4.78, 5) is 12.0. The van der Waals surface area contributed by atoms with Gasteiger partial charge in [-0.05, 0) is 49.2 Å². The summed E-state index contributed by atoms with van der Waals surface area (Å²) < 4.78 is 5.49. The number of amides is 1. The third-order valence-electron chi connectivity index (χ3n) is 3.08. The van der Waals surface area contributed by atoms with Crippen LogP contribution in [-0.2, 0) is 4.79 Å². The SMILES string of the molecule is Cc1ccc(N)cc1NC(=O)COc1c(C)cc(Cl)cc1Cl. The highest BCUT2D eigenvalue weighted by molar-refractivity contribution is 6.35. The molecule has 0 aliphatic rings. The van der Waals surface area contributed by atoms with Crippen molar-refractivity contribution >= 4 is 40.5 Å². The van der Waals surface area contributed by atoms with E-state index in [0.29, 0.717) is 27.2 Å². The van der Waals surface area contributed by atoms with E-state index in [-0.39, 0.29) is 12.5 Å². The number of rotatable bonds is 4. The second-order valence-electron chi connectivity index (χ2n) is 4.94. The predicted molar refractivity (Wildman–Crippen MR) is 90.9 cm³/mol. The zero-order valence-corrected chi connectivity index (χ0v) is 13.8. The first kappa shape index (κ1) is 16.5. The topological polar surface area (TPSA) is 64.3 Å². The van der Waals surface area contributed by atoms with Crippen molar-refractivity contribution in [2.45, 2.75) is 13.8 Å². The van der Waals surface area contributed by atoms with Crippen LogP contribution in [0.25, 0.3) is 0 Å². The largest absolute Gasteiger partial charge is 0.482 e. The molecule has 2 aromatic rings. The number of hydrogen-bond acceptors (Lipinski definition) is 3. The van der Waals surface area contributed by atoms with Gasteiger partial charge >= 0.3 is 0 Å². The van der Waals surface area contributed by atoms with Gasteiger partial charge in [0.25, 0.3) is 5.91 Å². The molecule has 0 spiro atoms. The summed E-state index contributed by atoms with van der Waals surface area (Å²) in [7, 11) is 0. The fourth-order valence-electron chi connectivity index (χ4n) is 1.97. The molecule has 116 valence electrons. The number of benzene rings is 2. The normalized spacial score (nSPS) is 10.4. The van der Waals surface area contributed by atoms with Gasteiger partial charge in [0.05, 0.1) is 5.02 Å². The second kappa shape index (κ2) is 6.90. The Morgan fingerprint density at radius 3 is 2.59 bits per heavy atom. The fourth-order valence-corrected chi connectivity index (χ4v) is 2.62. The Morgan fingerprint density at radius 1 is 1.18 bits per heavy atom. The third-order valence-corrected chi connectivity index (χ3v) is 3.58. The van der Waals surface area contributed by atoms with Gasteiger partial charge in [0, 0.05) is 16.4 Å². The van der Waals surface area contributed by atoms with E-state index in [1.807, 2.05) is 19.9 Å². The van der Waals surface area contributed by atoms with E-state index in [9.17, 15) is 4.79 Å². The Kier molecular flexibility index (Phi) is 5.16. The number of hydrogen-bond donors (Lipinski definition) is 2. The average molecular weight is 339 g/mol. The van der Waals surface area contributed by atoms with Crippen molar-refractivity contribution in [2.24, 2.45) is 0 Å². The van der Waals surface area contributed by atoms with Crippen molar-refractivity contribution in [3.63, 3.8) is 0 Å². The molecule has 0 radical (unpaired) electrons. The van der Waals surface area contributed by atoms with Gasteiger partial charge in [0.15, 0.2) is 6.61 Å². The molecule has 22 heavy (non-hydrogen) atoms. The highest BCUT2D eigenvalue weighted by Crippen LogP contribution is 2.31. The first-order chi connectivity index (χ1) is 10.4. The molecule has 1 amide bonds. The summed E-state index contributed by atoms with van der Waals surface area (Å²) in [5, 5.41) is 3.65. The molecule has 0 saturated heterocycles. The zero-order valence-electron chi connectivity index (χ0n) is 12.2. The number of anilines is 2. The third kappa shape index (κ3) is 4.06. The molecule has 3 N–H and O–H groups in total. The van der Waals surface area contributed by atoms with E-state index in [4.69, 9.17) is 33.7 Å². The molecule has 0 saturated carbocycles. The van der Waals surface area contributed by atoms with Gasteiger partial charge in [-0.15, -0.1) is 0 Å². The lowest BCUT2D eigenvalue weighted by Gasteiger charge is -2.13. The maximum absolute atomic E-state index is 12.0. The molecule has 0 unspecified atom stereocenters. The van der Waals surface area contributed by atoms with Crippen LogP contribution in [-0.4, -0.2) is 12.5 Å². The Labute approximate surface area is 139 Å². The van der Waals surface area contributed by atoms with Gasteiger partial charge in [0.1, 0.15) is 5.75 Å². The van der Waals surface area contributed by atoms with Gasteiger partial charge in [-0.25, -0.2) is 0 Å². The van der Waals surface area contributed by atoms with Crippen LogP contribution in [0.3, 0.4) is 0 Å². The molecule has 0 aliphatic heterocycles. The number of nitrogens with two attached hydrogens (primary N) is 1. The highest BCUT2D eigenvalue weighted by Gasteiger charge is 2.11. The van der Waals surface area contributed by atoms with E-state index < -0.39 is 0 Å². The van der Waals surface area contributed by atoms with Crippen LogP contribution in [0.1, 0.15) is 11.1 Å². The van der Waals surface area contributed by atoms with Crippen LogP contribution >= 0.6 is 23.2 Å². The number of carbonyl (C=O) groups excluding carboxylic acids is 1. The molecular formula is C16H16Cl2N2O2. The van der Waals surface area contributed by atoms with Gasteiger partial charge in [-0.2, -0.15) is 0 Å². The maximum atomic E-state index is 12.0. The highest BCUT2D eigenvalue weighted by atomic mass is 35.5. The molecule has 2 rings (SSSR count). The van der Waals surface area contributed by atoms with Crippen molar-refractivity contribution < 1.29 is 9.53 Å².